The fourth-order valence-electron chi connectivity index (χ4n) is 1.79. The lowest BCUT2D eigenvalue weighted by Gasteiger charge is -2.19. The predicted molar refractivity (Wildman–Crippen MR) is 91.2 cm³/mol. The Labute approximate surface area is 132 Å². The molecule has 0 radical (unpaired) electrons. The summed E-state index contributed by atoms with van der Waals surface area (Å²) in [6, 6.07) is 7.40. The molecule has 2 N–H and O–H groups in total. The van der Waals surface area contributed by atoms with Crippen LogP contribution in [0.4, 0.5) is 5.69 Å². The molecule has 120 valence electrons. The second-order valence-electron chi connectivity index (χ2n) is 4.73. The lowest BCUT2D eigenvalue weighted by atomic mass is 10.3. The van der Waals surface area contributed by atoms with E-state index >= 15 is 0 Å². The molecule has 0 saturated heterocycles. The number of benzene rings is 1. The Morgan fingerprint density at radius 1 is 1.24 bits per heavy atom. The highest BCUT2D eigenvalue weighted by Gasteiger charge is 2.18. The van der Waals surface area contributed by atoms with Gasteiger partial charge in [0.15, 0.2) is 0 Å². The molecule has 0 spiro atoms. The number of nitrogens with zero attached hydrogens (tertiary/aromatic N) is 1. The Hall–Kier alpha value is -0.760. The smallest absolute Gasteiger partial charge is 0.301 e. The third-order valence-electron chi connectivity index (χ3n) is 3.01. The zero-order valence-corrected chi connectivity index (χ0v) is 14.6. The highest BCUT2D eigenvalue weighted by Crippen LogP contribution is 2.25. The van der Waals surface area contributed by atoms with Gasteiger partial charge in [-0.3, -0.25) is 4.72 Å². The van der Waals surface area contributed by atoms with E-state index in [0.717, 1.165) is 30.8 Å². The molecule has 0 amide bonds. The maximum absolute atomic E-state index is 12.3. The van der Waals surface area contributed by atoms with Crippen molar-refractivity contribution >= 4 is 27.7 Å². The van der Waals surface area contributed by atoms with E-state index in [9.17, 15) is 8.42 Å². The molecule has 0 atom stereocenters. The van der Waals surface area contributed by atoms with Crippen molar-refractivity contribution in [2.75, 3.05) is 37.7 Å². The van der Waals surface area contributed by atoms with Gasteiger partial charge in [0.05, 0.1) is 5.69 Å². The number of nitrogens with one attached hydrogen (secondary N) is 2. The van der Waals surface area contributed by atoms with E-state index in [-0.39, 0.29) is 0 Å². The van der Waals surface area contributed by atoms with Gasteiger partial charge >= 0.3 is 10.2 Å². The second kappa shape index (κ2) is 9.30. The molecule has 5 nitrogen and oxygen atoms in total. The van der Waals surface area contributed by atoms with Crippen LogP contribution < -0.4 is 10.0 Å². The lowest BCUT2D eigenvalue weighted by molar-refractivity contribution is 0.458. The van der Waals surface area contributed by atoms with E-state index in [0.29, 0.717) is 12.2 Å². The molecule has 0 saturated carbocycles. The zero-order valence-electron chi connectivity index (χ0n) is 12.9. The first-order valence-corrected chi connectivity index (χ1v) is 9.75. The van der Waals surface area contributed by atoms with Gasteiger partial charge in [0.2, 0.25) is 0 Å². The monoisotopic (exact) mass is 331 g/mol. The molecule has 1 aromatic rings. The standard InChI is InChI=1S/C14H25N3O2S2/c1-4-10-15-11-7-12-17(2)21(18,19)16-13-8-5-6-9-14(13)20-3/h5-6,8-9,15-16H,4,7,10-12H2,1-3H3. The molecule has 0 aliphatic heterocycles. The van der Waals surface area contributed by atoms with Gasteiger partial charge in [-0.2, -0.15) is 12.7 Å². The molecule has 0 heterocycles. The van der Waals surface area contributed by atoms with Gasteiger partial charge in [-0.15, -0.1) is 11.8 Å². The Balaban J connectivity index is 2.55. The fraction of sp³-hybridized carbons (Fsp3) is 0.571. The summed E-state index contributed by atoms with van der Waals surface area (Å²) in [6.07, 6.45) is 3.80. The molecule has 0 aliphatic carbocycles. The number of thioether (sulfide) groups is 1. The average Bonchev–Trinajstić information content (AvgIpc) is 2.47. The first kappa shape index (κ1) is 18.3. The molecule has 0 fully saturated rings. The van der Waals surface area contributed by atoms with Crippen LogP contribution in [0.2, 0.25) is 0 Å². The van der Waals surface area contributed by atoms with E-state index in [4.69, 9.17) is 0 Å². The van der Waals surface area contributed by atoms with Crippen molar-refractivity contribution in [3.05, 3.63) is 24.3 Å². The van der Waals surface area contributed by atoms with Crippen LogP contribution in [-0.4, -0.2) is 45.7 Å². The van der Waals surface area contributed by atoms with Crippen molar-refractivity contribution in [2.24, 2.45) is 0 Å². The lowest BCUT2D eigenvalue weighted by Crippen LogP contribution is -2.34. The van der Waals surface area contributed by atoms with Gasteiger partial charge in [0, 0.05) is 18.5 Å². The van der Waals surface area contributed by atoms with Crippen molar-refractivity contribution < 1.29 is 8.42 Å². The van der Waals surface area contributed by atoms with Crippen LogP contribution in [0.25, 0.3) is 0 Å². The van der Waals surface area contributed by atoms with Crippen molar-refractivity contribution in [2.45, 2.75) is 24.7 Å². The topological polar surface area (TPSA) is 61.4 Å². The van der Waals surface area contributed by atoms with Crippen LogP contribution >= 0.6 is 11.8 Å². The summed E-state index contributed by atoms with van der Waals surface area (Å²) < 4.78 is 28.6. The molecule has 0 bridgehead atoms. The minimum atomic E-state index is -3.50. The SMILES string of the molecule is CCCNCCCN(C)S(=O)(=O)Nc1ccccc1SC. The number of hydrogen-bond acceptors (Lipinski definition) is 4. The van der Waals surface area contributed by atoms with Crippen molar-refractivity contribution in [1.29, 1.82) is 0 Å². The number of anilines is 1. The minimum absolute atomic E-state index is 0.494. The molecule has 0 unspecified atom stereocenters. The Morgan fingerprint density at radius 3 is 2.62 bits per heavy atom. The van der Waals surface area contributed by atoms with Gasteiger partial charge in [-0.25, -0.2) is 0 Å². The van der Waals surface area contributed by atoms with E-state index in [1.165, 1.54) is 16.1 Å². The third kappa shape index (κ3) is 6.25. The van der Waals surface area contributed by atoms with Crippen LogP contribution in [0.3, 0.4) is 0 Å². The normalized spacial score (nSPS) is 11.8. The van der Waals surface area contributed by atoms with E-state index in [1.807, 2.05) is 24.5 Å². The zero-order chi connectivity index (χ0) is 15.7. The van der Waals surface area contributed by atoms with E-state index < -0.39 is 10.2 Å². The molecule has 21 heavy (non-hydrogen) atoms. The van der Waals surface area contributed by atoms with Crippen LogP contribution in [0, 0.1) is 0 Å². The van der Waals surface area contributed by atoms with Crippen molar-refractivity contribution in [3.8, 4) is 0 Å². The Bertz CT molecular complexity index is 521. The van der Waals surface area contributed by atoms with E-state index in [2.05, 4.69) is 17.0 Å². The van der Waals surface area contributed by atoms with Crippen LogP contribution in [0.5, 0.6) is 0 Å². The first-order valence-electron chi connectivity index (χ1n) is 7.09. The summed E-state index contributed by atoms with van der Waals surface area (Å²) in [5.74, 6) is 0. The van der Waals surface area contributed by atoms with E-state index in [1.54, 1.807) is 13.1 Å². The number of rotatable bonds is 10. The average molecular weight is 332 g/mol. The summed E-state index contributed by atoms with van der Waals surface area (Å²) in [6.45, 7) is 4.40. The van der Waals surface area contributed by atoms with Crippen LogP contribution in [0.15, 0.2) is 29.2 Å². The quantitative estimate of drug-likeness (QED) is 0.510. The van der Waals surface area contributed by atoms with Gasteiger partial charge in [0.25, 0.3) is 0 Å². The molecule has 1 rings (SSSR count). The molecule has 0 aromatic heterocycles. The predicted octanol–water partition coefficient (Wildman–Crippen LogP) is 2.39. The van der Waals surface area contributed by atoms with Gasteiger partial charge in [-0.05, 0) is 44.3 Å². The van der Waals surface area contributed by atoms with Crippen molar-refractivity contribution in [1.82, 2.24) is 9.62 Å². The fourth-order valence-corrected chi connectivity index (χ4v) is 3.39. The summed E-state index contributed by atoms with van der Waals surface area (Å²) in [7, 11) is -1.90. The second-order valence-corrected chi connectivity index (χ2v) is 7.36. The summed E-state index contributed by atoms with van der Waals surface area (Å²) in [4.78, 5) is 0.916. The highest BCUT2D eigenvalue weighted by atomic mass is 32.2. The maximum Gasteiger partial charge on any atom is 0.301 e. The third-order valence-corrected chi connectivity index (χ3v) is 5.29. The molecule has 0 aliphatic rings. The van der Waals surface area contributed by atoms with Gasteiger partial charge in [-0.1, -0.05) is 19.1 Å². The maximum atomic E-state index is 12.3. The Kier molecular flexibility index (Phi) is 8.10. The number of para-hydroxylation sites is 1. The summed E-state index contributed by atoms with van der Waals surface area (Å²) in [5, 5.41) is 3.26. The van der Waals surface area contributed by atoms with Crippen LogP contribution in [0.1, 0.15) is 19.8 Å². The minimum Gasteiger partial charge on any atom is -0.317 e. The molecular weight excluding hydrogens is 306 g/mol. The summed E-state index contributed by atoms with van der Waals surface area (Å²) in [5.41, 5.74) is 0.626. The largest absolute Gasteiger partial charge is 0.317 e. The number of hydrogen-bond donors (Lipinski definition) is 2. The highest BCUT2D eigenvalue weighted by molar-refractivity contribution is 7.98. The van der Waals surface area contributed by atoms with Gasteiger partial charge in [0.1, 0.15) is 0 Å². The van der Waals surface area contributed by atoms with Crippen molar-refractivity contribution in [3.63, 3.8) is 0 Å². The van der Waals surface area contributed by atoms with Gasteiger partial charge < -0.3 is 5.32 Å². The summed E-state index contributed by atoms with van der Waals surface area (Å²) >= 11 is 1.52. The van der Waals surface area contributed by atoms with Crippen LogP contribution in [-0.2, 0) is 10.2 Å². The first-order chi connectivity index (χ1) is 10.0. The Morgan fingerprint density at radius 2 is 1.95 bits per heavy atom. The molecule has 1 aromatic carbocycles. The molecule has 7 heteroatoms. The molecular formula is C14H25N3O2S2.